The molecule has 27 heavy (non-hydrogen) atoms. The molecular formula is C18H23ClFN5OS. The van der Waals surface area contributed by atoms with Crippen molar-refractivity contribution in [2.45, 2.75) is 31.8 Å². The molecule has 3 unspecified atom stereocenters. The molecule has 2 aliphatic rings. The van der Waals surface area contributed by atoms with E-state index < -0.39 is 0 Å². The Morgan fingerprint density at radius 1 is 1.37 bits per heavy atom. The fraction of sp³-hybridized carbons (Fsp3) is 0.444. The zero-order valence-corrected chi connectivity index (χ0v) is 16.6. The van der Waals surface area contributed by atoms with Crippen molar-refractivity contribution in [1.29, 1.82) is 0 Å². The van der Waals surface area contributed by atoms with E-state index in [2.05, 4.69) is 26.5 Å². The number of rotatable bonds is 4. The standard InChI is InChI=1S/C18H22FN5OS.ClH/c1-10-15(8-11-4-2-3-5-13(11)19)26-18(21-10)22-17(25)16-12-9-20-7-6-14(12)23-24-16;/h2-5,12,14,16,20,23-24H,6-9H2,1H3,(H,21,22,25);1H. The van der Waals surface area contributed by atoms with Crippen LogP contribution < -0.4 is 21.5 Å². The van der Waals surface area contributed by atoms with Crippen molar-refractivity contribution in [3.05, 3.63) is 46.2 Å². The van der Waals surface area contributed by atoms with Crippen LogP contribution in [0.2, 0.25) is 0 Å². The molecule has 6 nitrogen and oxygen atoms in total. The summed E-state index contributed by atoms with van der Waals surface area (Å²) in [4.78, 5) is 18.1. The average molecular weight is 412 g/mol. The number of nitrogens with one attached hydrogen (secondary N) is 4. The fourth-order valence-electron chi connectivity index (χ4n) is 3.62. The highest BCUT2D eigenvalue weighted by atomic mass is 35.5. The van der Waals surface area contributed by atoms with E-state index >= 15 is 0 Å². The number of aryl methyl sites for hydroxylation is 1. The summed E-state index contributed by atoms with van der Waals surface area (Å²) in [5.74, 6) is -0.0782. The third kappa shape index (κ3) is 4.30. The van der Waals surface area contributed by atoms with E-state index in [1.165, 1.54) is 17.4 Å². The monoisotopic (exact) mass is 411 g/mol. The van der Waals surface area contributed by atoms with Gasteiger partial charge in [-0.2, -0.15) is 0 Å². The largest absolute Gasteiger partial charge is 0.316 e. The smallest absolute Gasteiger partial charge is 0.245 e. The van der Waals surface area contributed by atoms with Gasteiger partial charge in [-0.05, 0) is 31.5 Å². The maximum atomic E-state index is 13.9. The van der Waals surface area contributed by atoms with Gasteiger partial charge in [-0.1, -0.05) is 18.2 Å². The molecule has 2 aromatic rings. The number of hydrogen-bond donors (Lipinski definition) is 4. The van der Waals surface area contributed by atoms with Gasteiger partial charge in [0.05, 0.1) is 5.69 Å². The number of amides is 1. The van der Waals surface area contributed by atoms with Crippen LogP contribution >= 0.6 is 23.7 Å². The minimum atomic E-state index is -0.285. The van der Waals surface area contributed by atoms with Crippen molar-refractivity contribution in [3.8, 4) is 0 Å². The van der Waals surface area contributed by atoms with E-state index in [-0.39, 0.29) is 36.1 Å². The van der Waals surface area contributed by atoms with E-state index in [9.17, 15) is 9.18 Å². The predicted molar refractivity (Wildman–Crippen MR) is 107 cm³/mol. The third-order valence-electron chi connectivity index (χ3n) is 5.10. The second-order valence-electron chi connectivity index (χ2n) is 6.81. The van der Waals surface area contributed by atoms with Crippen LogP contribution in [0.15, 0.2) is 24.3 Å². The zero-order chi connectivity index (χ0) is 18.1. The Kier molecular flexibility index (Phi) is 6.44. The summed E-state index contributed by atoms with van der Waals surface area (Å²) in [5, 5.41) is 6.83. The number of carbonyl (C=O) groups excluding carboxylic acids is 1. The van der Waals surface area contributed by atoms with Gasteiger partial charge in [-0.3, -0.25) is 10.2 Å². The first-order valence-electron chi connectivity index (χ1n) is 8.84. The average Bonchev–Trinajstić information content (AvgIpc) is 3.20. The van der Waals surface area contributed by atoms with Crippen molar-refractivity contribution in [1.82, 2.24) is 21.2 Å². The molecule has 3 atom stereocenters. The van der Waals surface area contributed by atoms with Crippen LogP contribution in [-0.4, -0.2) is 36.1 Å². The minimum Gasteiger partial charge on any atom is -0.316 e. The second kappa shape index (κ2) is 8.62. The number of piperidine rings is 1. The van der Waals surface area contributed by atoms with Crippen LogP contribution in [0.5, 0.6) is 0 Å². The molecule has 2 fully saturated rings. The van der Waals surface area contributed by atoms with Gasteiger partial charge in [-0.25, -0.2) is 14.8 Å². The number of benzene rings is 1. The normalized spacial score (nSPS) is 24.1. The Balaban J connectivity index is 0.00000210. The Morgan fingerprint density at radius 3 is 3.00 bits per heavy atom. The lowest BCUT2D eigenvalue weighted by Gasteiger charge is -2.27. The third-order valence-corrected chi connectivity index (χ3v) is 6.17. The lowest BCUT2D eigenvalue weighted by molar-refractivity contribution is -0.118. The van der Waals surface area contributed by atoms with Crippen LogP contribution in [0.25, 0.3) is 0 Å². The molecule has 1 amide bonds. The number of fused-ring (bicyclic) bond motifs is 1. The van der Waals surface area contributed by atoms with Gasteiger partial charge in [-0.15, -0.1) is 23.7 Å². The maximum absolute atomic E-state index is 13.9. The minimum absolute atomic E-state index is 0. The van der Waals surface area contributed by atoms with Gasteiger partial charge in [0.2, 0.25) is 5.91 Å². The second-order valence-corrected chi connectivity index (χ2v) is 7.90. The highest BCUT2D eigenvalue weighted by Gasteiger charge is 2.41. The summed E-state index contributed by atoms with van der Waals surface area (Å²) < 4.78 is 13.9. The number of thiazole rings is 1. The first kappa shape index (κ1) is 20.2. The maximum Gasteiger partial charge on any atom is 0.245 e. The highest BCUT2D eigenvalue weighted by molar-refractivity contribution is 7.15. The zero-order valence-electron chi connectivity index (χ0n) is 14.9. The molecule has 4 rings (SSSR count). The van der Waals surface area contributed by atoms with Gasteiger partial charge < -0.3 is 10.6 Å². The summed E-state index contributed by atoms with van der Waals surface area (Å²) >= 11 is 1.41. The van der Waals surface area contributed by atoms with Gasteiger partial charge in [0.15, 0.2) is 5.13 Å². The molecule has 0 aliphatic carbocycles. The van der Waals surface area contributed by atoms with E-state index in [4.69, 9.17) is 0 Å². The SMILES string of the molecule is Cc1nc(NC(=O)C2NNC3CCNCC32)sc1Cc1ccccc1F.Cl. The first-order valence-corrected chi connectivity index (χ1v) is 9.66. The molecule has 0 spiro atoms. The lowest BCUT2D eigenvalue weighted by atomic mass is 9.89. The van der Waals surface area contributed by atoms with Crippen molar-refractivity contribution >= 4 is 34.8 Å². The number of nitrogens with zero attached hydrogens (tertiary/aromatic N) is 1. The number of anilines is 1. The topological polar surface area (TPSA) is 78.1 Å². The number of aromatic nitrogens is 1. The van der Waals surface area contributed by atoms with Crippen molar-refractivity contribution in [3.63, 3.8) is 0 Å². The van der Waals surface area contributed by atoms with Crippen LogP contribution in [0, 0.1) is 18.7 Å². The number of hydrogen-bond acceptors (Lipinski definition) is 6. The van der Waals surface area contributed by atoms with Gasteiger partial charge in [0.1, 0.15) is 11.9 Å². The molecule has 146 valence electrons. The van der Waals surface area contributed by atoms with Crippen molar-refractivity contribution in [2.24, 2.45) is 5.92 Å². The van der Waals surface area contributed by atoms with Gasteiger partial charge >= 0.3 is 0 Å². The predicted octanol–water partition coefficient (Wildman–Crippen LogP) is 2.00. The van der Waals surface area contributed by atoms with Crippen LogP contribution in [0.1, 0.15) is 22.6 Å². The number of halogens is 2. The molecule has 0 radical (unpaired) electrons. The molecule has 1 aromatic carbocycles. The Hall–Kier alpha value is -1.58. The van der Waals surface area contributed by atoms with E-state index in [1.807, 2.05) is 13.0 Å². The van der Waals surface area contributed by atoms with E-state index in [0.717, 1.165) is 30.1 Å². The number of hydrazine groups is 1. The summed E-state index contributed by atoms with van der Waals surface area (Å²) in [7, 11) is 0. The molecule has 2 aliphatic heterocycles. The van der Waals surface area contributed by atoms with Crippen molar-refractivity contribution in [2.75, 3.05) is 18.4 Å². The Labute approximate surface area is 167 Å². The van der Waals surface area contributed by atoms with E-state index in [1.54, 1.807) is 12.1 Å². The summed E-state index contributed by atoms with van der Waals surface area (Å²) in [6.07, 6.45) is 1.48. The van der Waals surface area contributed by atoms with Crippen LogP contribution in [0.4, 0.5) is 9.52 Å². The van der Waals surface area contributed by atoms with Crippen molar-refractivity contribution < 1.29 is 9.18 Å². The summed E-state index contributed by atoms with van der Waals surface area (Å²) in [6.45, 7) is 3.67. The summed E-state index contributed by atoms with van der Waals surface area (Å²) in [5.41, 5.74) is 7.79. The Morgan fingerprint density at radius 2 is 2.19 bits per heavy atom. The molecule has 3 heterocycles. The lowest BCUT2D eigenvalue weighted by Crippen LogP contribution is -2.47. The first-order chi connectivity index (χ1) is 12.6. The molecule has 4 N–H and O–H groups in total. The molecule has 1 aromatic heterocycles. The quantitative estimate of drug-likeness (QED) is 0.619. The number of carbonyl (C=O) groups is 1. The van der Waals surface area contributed by atoms with Crippen LogP contribution in [-0.2, 0) is 11.2 Å². The molecule has 9 heteroatoms. The Bertz CT molecular complexity index is 817. The van der Waals surface area contributed by atoms with Gasteiger partial charge in [0, 0.05) is 29.8 Å². The highest BCUT2D eigenvalue weighted by Crippen LogP contribution is 2.27. The van der Waals surface area contributed by atoms with Gasteiger partial charge in [0.25, 0.3) is 0 Å². The van der Waals surface area contributed by atoms with E-state index in [0.29, 0.717) is 23.2 Å². The molecular weight excluding hydrogens is 389 g/mol. The molecule has 0 bridgehead atoms. The fourth-order valence-corrected chi connectivity index (χ4v) is 4.61. The molecule has 2 saturated heterocycles. The molecule has 0 saturated carbocycles. The van der Waals surface area contributed by atoms with Crippen LogP contribution in [0.3, 0.4) is 0 Å². The summed E-state index contributed by atoms with van der Waals surface area (Å²) in [6, 6.07) is 6.78.